The SMILES string of the molecule is C=CS(=O)(=O)N(Cc1ccc(-c2nnc(C(F)F)o2)cc1)c1ccccc1.CCN(CCS(=O)(=O)N(Cc1ccc(-c2nnc(C(F)F)o2)cc1)c1ccccc1)Cc1ccccc1. The van der Waals surface area contributed by atoms with Crippen molar-refractivity contribution < 1.29 is 43.2 Å². The van der Waals surface area contributed by atoms with Crippen molar-refractivity contribution in [3.8, 4) is 22.9 Å². The molecule has 7 rings (SSSR count). The van der Waals surface area contributed by atoms with Crippen LogP contribution in [0, 0.1) is 0 Å². The summed E-state index contributed by atoms with van der Waals surface area (Å²) >= 11 is 0. The summed E-state index contributed by atoms with van der Waals surface area (Å²) in [4.78, 5) is 2.10. The number of rotatable bonds is 19. The molecule has 2 heterocycles. The molecule has 0 bridgehead atoms. The zero-order valence-corrected chi connectivity index (χ0v) is 36.0. The Kier molecular flexibility index (Phi) is 15.8. The normalized spacial score (nSPS) is 11.7. The molecule has 5 aromatic carbocycles. The standard InChI is InChI=1S/C27H28F2N4O3S.C18H15F2N3O3S/c1-2-32(19-21-9-5-3-6-10-21)17-18-37(34,35)33(24-11-7-4-8-12-24)20-22-13-15-23(16-14-22)26-30-31-27(36-26)25(28)29;1-2-27(24,25)23(15-6-4-3-5-7-15)12-13-8-10-14(11-9-13)17-21-22-18(26-17)16(19)20/h3-16,25H,2,17-20H2,1H3;2-11,16H,1,12H2. The Balaban J connectivity index is 0.000000223. The zero-order valence-electron chi connectivity index (χ0n) is 34.4. The summed E-state index contributed by atoms with van der Waals surface area (Å²) in [6.45, 7) is 7.35. The van der Waals surface area contributed by atoms with Gasteiger partial charge in [-0.15, -0.1) is 20.4 Å². The van der Waals surface area contributed by atoms with Crippen molar-refractivity contribution in [3.05, 3.63) is 180 Å². The Hall–Kier alpha value is -6.70. The van der Waals surface area contributed by atoms with Crippen LogP contribution in [0.3, 0.4) is 0 Å². The second-order valence-corrected chi connectivity index (χ2v) is 17.8. The molecule has 0 amide bonds. The molecule has 334 valence electrons. The quantitative estimate of drug-likeness (QED) is 0.0712. The largest absolute Gasteiger partial charge is 0.415 e. The molecule has 0 fully saturated rings. The van der Waals surface area contributed by atoms with Crippen LogP contribution in [0.5, 0.6) is 0 Å². The Morgan fingerprint density at radius 2 is 0.969 bits per heavy atom. The van der Waals surface area contributed by atoms with Crippen molar-refractivity contribution in [1.82, 2.24) is 25.3 Å². The van der Waals surface area contributed by atoms with Gasteiger partial charge >= 0.3 is 12.9 Å². The Labute approximate surface area is 368 Å². The topological polar surface area (TPSA) is 156 Å². The molecule has 0 N–H and O–H groups in total. The summed E-state index contributed by atoms with van der Waals surface area (Å²) in [7, 11) is -7.38. The summed E-state index contributed by atoms with van der Waals surface area (Å²) in [5.41, 5.74) is 4.52. The number of aromatic nitrogens is 4. The van der Waals surface area contributed by atoms with E-state index in [-0.39, 0.29) is 30.6 Å². The number of nitrogens with zero attached hydrogens (tertiary/aromatic N) is 7. The molecule has 2 aromatic heterocycles. The van der Waals surface area contributed by atoms with Crippen LogP contribution < -0.4 is 8.61 Å². The zero-order chi connectivity index (χ0) is 45.7. The van der Waals surface area contributed by atoms with Gasteiger partial charge in [0.05, 0.1) is 30.2 Å². The van der Waals surface area contributed by atoms with Gasteiger partial charge in [0.25, 0.3) is 21.8 Å². The van der Waals surface area contributed by atoms with Gasteiger partial charge in [-0.1, -0.05) is 104 Å². The van der Waals surface area contributed by atoms with Crippen LogP contribution >= 0.6 is 0 Å². The molecule has 0 radical (unpaired) electrons. The molecule has 0 atom stereocenters. The average molecular weight is 918 g/mol. The minimum Gasteiger partial charge on any atom is -0.415 e. The molecule has 7 aromatic rings. The minimum absolute atomic E-state index is 0.0209. The van der Waals surface area contributed by atoms with E-state index in [1.165, 1.54) is 8.61 Å². The monoisotopic (exact) mass is 917 g/mol. The van der Waals surface area contributed by atoms with E-state index < -0.39 is 44.7 Å². The van der Waals surface area contributed by atoms with Crippen LogP contribution in [-0.4, -0.2) is 61.0 Å². The van der Waals surface area contributed by atoms with Gasteiger partial charge in [0, 0.05) is 29.6 Å². The first kappa shape index (κ1) is 46.8. The number of benzene rings is 5. The van der Waals surface area contributed by atoms with Gasteiger partial charge in [-0.25, -0.2) is 16.8 Å². The minimum atomic E-state index is -3.71. The number of alkyl halides is 4. The molecule has 0 unspecified atom stereocenters. The number of sulfonamides is 2. The first-order valence-electron chi connectivity index (χ1n) is 19.7. The summed E-state index contributed by atoms with van der Waals surface area (Å²) in [5, 5.41) is 14.8. The maximum atomic E-state index is 13.6. The Morgan fingerprint density at radius 1 is 0.562 bits per heavy atom. The van der Waals surface area contributed by atoms with Gasteiger partial charge in [-0.05, 0) is 71.8 Å². The van der Waals surface area contributed by atoms with Crippen molar-refractivity contribution in [2.45, 2.75) is 39.4 Å². The highest BCUT2D eigenvalue weighted by molar-refractivity contribution is 7.95. The molecule has 0 aliphatic carbocycles. The van der Waals surface area contributed by atoms with Gasteiger partial charge in [0.2, 0.25) is 21.8 Å². The van der Waals surface area contributed by atoms with E-state index >= 15 is 0 Å². The van der Waals surface area contributed by atoms with Gasteiger partial charge in [-0.2, -0.15) is 17.6 Å². The second-order valence-electron chi connectivity index (χ2n) is 14.0. The Bertz CT molecular complexity index is 2770. The summed E-state index contributed by atoms with van der Waals surface area (Å²) in [5.74, 6) is -1.59. The van der Waals surface area contributed by atoms with E-state index in [0.717, 1.165) is 23.1 Å². The lowest BCUT2D eigenvalue weighted by Gasteiger charge is -2.27. The lowest BCUT2D eigenvalue weighted by molar-refractivity contribution is 0.115. The summed E-state index contributed by atoms with van der Waals surface area (Å²) < 4.78 is 115. The third-order valence-electron chi connectivity index (χ3n) is 9.61. The summed E-state index contributed by atoms with van der Waals surface area (Å²) in [6.07, 6.45) is -5.68. The maximum absolute atomic E-state index is 13.6. The van der Waals surface area contributed by atoms with E-state index in [1.807, 2.05) is 43.3 Å². The third kappa shape index (κ3) is 12.5. The predicted molar refractivity (Wildman–Crippen MR) is 235 cm³/mol. The van der Waals surface area contributed by atoms with E-state index in [9.17, 15) is 34.4 Å². The van der Waals surface area contributed by atoms with E-state index in [0.29, 0.717) is 41.2 Å². The van der Waals surface area contributed by atoms with Gasteiger partial charge in [0.15, 0.2) is 0 Å². The van der Waals surface area contributed by atoms with Gasteiger partial charge in [-0.3, -0.25) is 13.5 Å². The van der Waals surface area contributed by atoms with Crippen LogP contribution in [0.4, 0.5) is 28.9 Å². The fourth-order valence-electron chi connectivity index (χ4n) is 6.22. The number of hydrogen-bond acceptors (Lipinski definition) is 11. The molecule has 64 heavy (non-hydrogen) atoms. The van der Waals surface area contributed by atoms with Crippen LogP contribution in [-0.2, 0) is 39.7 Å². The fraction of sp³-hybridized carbons (Fsp3) is 0.200. The van der Waals surface area contributed by atoms with Crippen molar-refractivity contribution in [1.29, 1.82) is 0 Å². The lowest BCUT2D eigenvalue weighted by atomic mass is 10.1. The molecule has 13 nitrogen and oxygen atoms in total. The van der Waals surface area contributed by atoms with Crippen molar-refractivity contribution in [3.63, 3.8) is 0 Å². The first-order valence-corrected chi connectivity index (χ1v) is 22.8. The molecule has 0 spiro atoms. The van der Waals surface area contributed by atoms with Crippen molar-refractivity contribution in [2.24, 2.45) is 0 Å². The maximum Gasteiger partial charge on any atom is 0.314 e. The lowest BCUT2D eigenvalue weighted by Crippen LogP contribution is -2.37. The van der Waals surface area contributed by atoms with Crippen LogP contribution in [0.1, 0.15) is 48.2 Å². The second kappa shape index (κ2) is 21.6. The summed E-state index contributed by atoms with van der Waals surface area (Å²) in [6, 6.07) is 40.8. The van der Waals surface area contributed by atoms with Crippen LogP contribution in [0.25, 0.3) is 22.9 Å². The fourth-order valence-corrected chi connectivity index (χ4v) is 8.64. The number of hydrogen-bond donors (Lipinski definition) is 0. The molecular formula is C45H43F4N7O6S2. The Morgan fingerprint density at radius 3 is 1.38 bits per heavy atom. The first-order chi connectivity index (χ1) is 30.8. The average Bonchev–Trinajstić information content (AvgIpc) is 4.03. The molecular weight excluding hydrogens is 875 g/mol. The van der Waals surface area contributed by atoms with Crippen molar-refractivity contribution >= 4 is 31.4 Å². The highest BCUT2D eigenvalue weighted by atomic mass is 32.2. The number of para-hydroxylation sites is 2. The third-order valence-corrected chi connectivity index (χ3v) is 12.7. The molecule has 0 aliphatic heterocycles. The highest BCUT2D eigenvalue weighted by Gasteiger charge is 2.25. The predicted octanol–water partition coefficient (Wildman–Crippen LogP) is 9.69. The molecule has 0 saturated heterocycles. The molecule has 19 heteroatoms. The van der Waals surface area contributed by atoms with E-state index in [2.05, 4.69) is 31.9 Å². The molecule has 0 aliphatic rings. The van der Waals surface area contributed by atoms with Crippen LogP contribution in [0.15, 0.2) is 160 Å². The van der Waals surface area contributed by atoms with Gasteiger partial charge in [0.1, 0.15) is 0 Å². The number of anilines is 2. The van der Waals surface area contributed by atoms with E-state index in [4.69, 9.17) is 8.83 Å². The molecule has 0 saturated carbocycles. The number of halogens is 4. The van der Waals surface area contributed by atoms with Crippen molar-refractivity contribution in [2.75, 3.05) is 27.5 Å². The smallest absolute Gasteiger partial charge is 0.314 e. The van der Waals surface area contributed by atoms with Crippen LogP contribution in [0.2, 0.25) is 0 Å². The van der Waals surface area contributed by atoms with E-state index in [1.54, 1.807) is 103 Å². The highest BCUT2D eigenvalue weighted by Crippen LogP contribution is 2.28. The van der Waals surface area contributed by atoms with Gasteiger partial charge < -0.3 is 8.83 Å².